The van der Waals surface area contributed by atoms with Crippen molar-refractivity contribution in [3.05, 3.63) is 60.2 Å². The molecule has 100 valence electrons. The number of cyclic esters (lactones) is 1. The number of carbonyl (C=O) groups excluding carboxylic acids is 1. The summed E-state index contributed by atoms with van der Waals surface area (Å²) in [6.07, 6.45) is 0. The van der Waals surface area contributed by atoms with Crippen molar-refractivity contribution in [2.45, 2.75) is 19.4 Å². The van der Waals surface area contributed by atoms with Gasteiger partial charge in [0.2, 0.25) is 5.90 Å². The summed E-state index contributed by atoms with van der Waals surface area (Å²) < 4.78 is 5.22. The first kappa shape index (κ1) is 12.6. The summed E-state index contributed by atoms with van der Waals surface area (Å²) in [7, 11) is 0. The molecule has 0 saturated heterocycles. The largest absolute Gasteiger partial charge is 0.405 e. The minimum Gasteiger partial charge on any atom is -0.405 e. The molecule has 3 nitrogen and oxygen atoms in total. The highest BCUT2D eigenvalue weighted by Crippen LogP contribution is 2.24. The van der Waals surface area contributed by atoms with E-state index in [1.807, 2.05) is 42.5 Å². The second-order valence-corrected chi connectivity index (χ2v) is 5.31. The van der Waals surface area contributed by atoms with Crippen molar-refractivity contribution >= 4 is 11.9 Å². The second-order valence-electron chi connectivity index (χ2n) is 5.31. The molecular formula is C17H15NO2. The summed E-state index contributed by atoms with van der Waals surface area (Å²) in [4.78, 5) is 16.0. The Hall–Kier alpha value is -2.42. The first-order valence-electron chi connectivity index (χ1n) is 6.54. The fraction of sp³-hybridized carbons (Fsp3) is 0.176. The van der Waals surface area contributed by atoms with Crippen LogP contribution in [0.1, 0.15) is 19.4 Å². The average molecular weight is 265 g/mol. The maximum atomic E-state index is 11.6. The van der Waals surface area contributed by atoms with Crippen molar-refractivity contribution < 1.29 is 9.53 Å². The van der Waals surface area contributed by atoms with Gasteiger partial charge in [0.15, 0.2) is 5.54 Å². The van der Waals surface area contributed by atoms with E-state index in [1.54, 1.807) is 13.8 Å². The highest BCUT2D eigenvalue weighted by molar-refractivity contribution is 6.07. The van der Waals surface area contributed by atoms with Gasteiger partial charge in [0.1, 0.15) is 0 Å². The number of ether oxygens (including phenoxy) is 1. The third-order valence-electron chi connectivity index (χ3n) is 3.31. The molecule has 0 unspecified atom stereocenters. The predicted octanol–water partition coefficient (Wildman–Crippen LogP) is 3.44. The number of hydrogen-bond donors (Lipinski definition) is 0. The molecule has 0 spiro atoms. The van der Waals surface area contributed by atoms with Crippen molar-refractivity contribution in [2.75, 3.05) is 0 Å². The third-order valence-corrected chi connectivity index (χ3v) is 3.31. The molecule has 2 aromatic rings. The molecule has 0 N–H and O–H groups in total. The molecule has 0 saturated carbocycles. The molecule has 3 heteroatoms. The van der Waals surface area contributed by atoms with Crippen molar-refractivity contribution in [1.82, 2.24) is 0 Å². The summed E-state index contributed by atoms with van der Waals surface area (Å²) in [5, 5.41) is 0. The molecule has 0 aliphatic carbocycles. The number of carbonyl (C=O) groups is 1. The van der Waals surface area contributed by atoms with Gasteiger partial charge in [0, 0.05) is 5.56 Å². The second kappa shape index (κ2) is 4.60. The van der Waals surface area contributed by atoms with Gasteiger partial charge in [-0.15, -0.1) is 0 Å². The van der Waals surface area contributed by atoms with E-state index >= 15 is 0 Å². The summed E-state index contributed by atoms with van der Waals surface area (Å²) in [6, 6.07) is 18.0. The normalized spacial score (nSPS) is 16.7. The van der Waals surface area contributed by atoms with E-state index < -0.39 is 5.54 Å². The van der Waals surface area contributed by atoms with Crippen LogP contribution in [0.2, 0.25) is 0 Å². The summed E-state index contributed by atoms with van der Waals surface area (Å²) in [5.74, 6) is 0.0965. The van der Waals surface area contributed by atoms with Crippen LogP contribution in [0.3, 0.4) is 0 Å². The Kier molecular flexibility index (Phi) is 2.90. The first-order chi connectivity index (χ1) is 9.56. The van der Waals surface area contributed by atoms with Crippen LogP contribution in [-0.2, 0) is 9.53 Å². The molecule has 0 bridgehead atoms. The highest BCUT2D eigenvalue weighted by atomic mass is 16.6. The lowest BCUT2D eigenvalue weighted by atomic mass is 10.0. The van der Waals surface area contributed by atoms with Gasteiger partial charge in [-0.1, -0.05) is 42.5 Å². The van der Waals surface area contributed by atoms with Crippen molar-refractivity contribution in [3.63, 3.8) is 0 Å². The zero-order valence-corrected chi connectivity index (χ0v) is 11.5. The molecule has 0 atom stereocenters. The summed E-state index contributed by atoms with van der Waals surface area (Å²) in [5.41, 5.74) is 2.32. The van der Waals surface area contributed by atoms with Gasteiger partial charge in [0.05, 0.1) is 0 Å². The third kappa shape index (κ3) is 2.23. The van der Waals surface area contributed by atoms with E-state index in [2.05, 4.69) is 17.1 Å². The van der Waals surface area contributed by atoms with Gasteiger partial charge in [-0.25, -0.2) is 9.79 Å². The Morgan fingerprint density at radius 2 is 1.40 bits per heavy atom. The average Bonchev–Trinajstić information content (AvgIpc) is 2.74. The Morgan fingerprint density at radius 1 is 0.850 bits per heavy atom. The zero-order chi connectivity index (χ0) is 14.2. The van der Waals surface area contributed by atoms with Crippen molar-refractivity contribution in [2.24, 2.45) is 4.99 Å². The Labute approximate surface area is 117 Å². The predicted molar refractivity (Wildman–Crippen MR) is 78.6 cm³/mol. The maximum absolute atomic E-state index is 11.6. The van der Waals surface area contributed by atoms with Gasteiger partial charge in [-0.05, 0) is 37.1 Å². The molecule has 1 aliphatic heterocycles. The number of aliphatic imine (C=N–C) groups is 1. The lowest BCUT2D eigenvalue weighted by molar-refractivity contribution is -0.137. The fourth-order valence-electron chi connectivity index (χ4n) is 2.09. The molecule has 0 aromatic heterocycles. The Balaban J connectivity index is 1.90. The van der Waals surface area contributed by atoms with Gasteiger partial charge in [0.25, 0.3) is 0 Å². The summed E-state index contributed by atoms with van der Waals surface area (Å²) in [6.45, 7) is 3.50. The topological polar surface area (TPSA) is 38.7 Å². The van der Waals surface area contributed by atoms with Crippen LogP contribution < -0.4 is 0 Å². The molecule has 20 heavy (non-hydrogen) atoms. The molecule has 2 aromatic carbocycles. The van der Waals surface area contributed by atoms with E-state index in [0.717, 1.165) is 16.7 Å². The van der Waals surface area contributed by atoms with E-state index in [-0.39, 0.29) is 5.97 Å². The highest BCUT2D eigenvalue weighted by Gasteiger charge is 2.37. The Morgan fingerprint density at radius 3 is 1.95 bits per heavy atom. The van der Waals surface area contributed by atoms with Crippen LogP contribution in [-0.4, -0.2) is 17.4 Å². The van der Waals surface area contributed by atoms with Crippen LogP contribution in [0.15, 0.2) is 59.6 Å². The number of rotatable bonds is 2. The number of hydrogen-bond acceptors (Lipinski definition) is 3. The first-order valence-corrected chi connectivity index (χ1v) is 6.54. The molecule has 0 radical (unpaired) electrons. The zero-order valence-electron chi connectivity index (χ0n) is 11.5. The van der Waals surface area contributed by atoms with Crippen molar-refractivity contribution in [1.29, 1.82) is 0 Å². The van der Waals surface area contributed by atoms with Gasteiger partial charge >= 0.3 is 5.97 Å². The SMILES string of the molecule is CC1(C)N=C(c2ccc(-c3ccccc3)cc2)OC1=O. The van der Waals surface area contributed by atoms with Crippen LogP contribution in [0, 0.1) is 0 Å². The van der Waals surface area contributed by atoms with Crippen LogP contribution in [0.4, 0.5) is 0 Å². The molecule has 3 rings (SSSR count). The van der Waals surface area contributed by atoms with Crippen LogP contribution >= 0.6 is 0 Å². The monoisotopic (exact) mass is 265 g/mol. The van der Waals surface area contributed by atoms with Gasteiger partial charge in [-0.2, -0.15) is 0 Å². The van der Waals surface area contributed by atoms with E-state index in [0.29, 0.717) is 5.90 Å². The molecule has 0 fully saturated rings. The van der Waals surface area contributed by atoms with Crippen molar-refractivity contribution in [3.8, 4) is 11.1 Å². The fourth-order valence-corrected chi connectivity index (χ4v) is 2.09. The standard InChI is InChI=1S/C17H15NO2/c1-17(2)16(19)20-15(18-17)14-10-8-13(9-11-14)12-6-4-3-5-7-12/h3-11H,1-2H3. The Bertz CT molecular complexity index is 670. The van der Waals surface area contributed by atoms with Gasteiger partial charge < -0.3 is 4.74 Å². The molecule has 1 heterocycles. The quantitative estimate of drug-likeness (QED) is 0.780. The summed E-state index contributed by atoms with van der Waals surface area (Å²) >= 11 is 0. The minimum absolute atomic E-state index is 0.306. The number of benzene rings is 2. The van der Waals surface area contributed by atoms with E-state index in [9.17, 15) is 4.79 Å². The lowest BCUT2D eigenvalue weighted by Crippen LogP contribution is -2.25. The van der Waals surface area contributed by atoms with E-state index in [1.165, 1.54) is 0 Å². The van der Waals surface area contributed by atoms with Gasteiger partial charge in [-0.3, -0.25) is 0 Å². The number of nitrogens with zero attached hydrogens (tertiary/aromatic N) is 1. The smallest absolute Gasteiger partial charge is 0.340 e. The van der Waals surface area contributed by atoms with Crippen LogP contribution in [0.25, 0.3) is 11.1 Å². The molecule has 0 amide bonds. The lowest BCUT2D eigenvalue weighted by Gasteiger charge is -2.05. The van der Waals surface area contributed by atoms with Crippen LogP contribution in [0.5, 0.6) is 0 Å². The van der Waals surface area contributed by atoms with E-state index in [4.69, 9.17) is 4.74 Å². The number of esters is 1. The molecule has 1 aliphatic rings. The molecular weight excluding hydrogens is 250 g/mol. The maximum Gasteiger partial charge on any atom is 0.340 e. The minimum atomic E-state index is -0.784.